The van der Waals surface area contributed by atoms with Crippen LogP contribution in [0.5, 0.6) is 0 Å². The Morgan fingerprint density at radius 1 is 0.971 bits per heavy atom. The molecule has 1 saturated carbocycles. The number of carboxylic acids is 1. The number of rotatable bonds is 6. The van der Waals surface area contributed by atoms with E-state index in [2.05, 4.69) is 34.9 Å². The molecule has 3 atom stereocenters. The van der Waals surface area contributed by atoms with Crippen LogP contribution in [0, 0.1) is 11.3 Å². The van der Waals surface area contributed by atoms with Gasteiger partial charge in [-0.2, -0.15) is 0 Å². The first-order valence-corrected chi connectivity index (χ1v) is 12.3. The summed E-state index contributed by atoms with van der Waals surface area (Å²) in [5.41, 5.74) is 3.92. The van der Waals surface area contributed by atoms with Gasteiger partial charge in [-0.25, -0.2) is 4.79 Å². The Morgan fingerprint density at radius 2 is 1.54 bits per heavy atom. The first-order valence-electron chi connectivity index (χ1n) is 12.3. The fourth-order valence-corrected chi connectivity index (χ4v) is 5.30. The van der Waals surface area contributed by atoms with E-state index in [4.69, 9.17) is 4.74 Å². The standard InChI is InChI=1S/C28H34N2O5/c1-28(2,3)24(25(31)29-23-15-9-8-14-21(23)26(32)33)30-27(34)35-16-22-19-12-6-4-10-17(19)18-11-5-7-13-20(18)22/h4-7,10-13,21-24H,8-9,14-16H2,1-3H3,(H,29,31)(H,30,34)(H,32,33). The number of fused-ring (bicyclic) bond motifs is 3. The molecule has 2 aromatic carbocycles. The van der Waals surface area contributed by atoms with Crippen LogP contribution in [0.3, 0.4) is 0 Å². The highest BCUT2D eigenvalue weighted by molar-refractivity contribution is 5.87. The third kappa shape index (κ3) is 5.34. The van der Waals surface area contributed by atoms with Crippen molar-refractivity contribution in [2.45, 2.75) is 64.5 Å². The summed E-state index contributed by atoms with van der Waals surface area (Å²) in [6.45, 7) is 5.73. The number of carbonyl (C=O) groups is 3. The molecule has 1 fully saturated rings. The average molecular weight is 479 g/mol. The van der Waals surface area contributed by atoms with Gasteiger partial charge in [0.2, 0.25) is 5.91 Å². The van der Waals surface area contributed by atoms with Crippen LogP contribution < -0.4 is 10.6 Å². The Bertz CT molecular complexity index is 1060. The van der Waals surface area contributed by atoms with Gasteiger partial charge in [0.15, 0.2) is 0 Å². The predicted molar refractivity (Wildman–Crippen MR) is 133 cm³/mol. The van der Waals surface area contributed by atoms with Gasteiger partial charge in [-0.15, -0.1) is 0 Å². The van der Waals surface area contributed by atoms with Gasteiger partial charge >= 0.3 is 12.1 Å². The number of aliphatic carboxylic acids is 1. The Morgan fingerprint density at radius 3 is 2.11 bits per heavy atom. The third-order valence-corrected chi connectivity index (χ3v) is 7.14. The van der Waals surface area contributed by atoms with Crippen molar-refractivity contribution in [1.82, 2.24) is 10.6 Å². The second-order valence-electron chi connectivity index (χ2n) is 10.6. The molecule has 0 saturated heterocycles. The molecule has 0 radical (unpaired) electrons. The Kier molecular flexibility index (Phi) is 7.15. The lowest BCUT2D eigenvalue weighted by molar-refractivity contribution is -0.144. The summed E-state index contributed by atoms with van der Waals surface area (Å²) >= 11 is 0. The lowest BCUT2D eigenvalue weighted by Gasteiger charge is -2.34. The van der Waals surface area contributed by atoms with E-state index in [0.29, 0.717) is 12.8 Å². The molecule has 0 aromatic heterocycles. The van der Waals surface area contributed by atoms with E-state index in [-0.39, 0.29) is 18.4 Å². The van der Waals surface area contributed by atoms with Crippen LogP contribution in [0.2, 0.25) is 0 Å². The maximum absolute atomic E-state index is 13.2. The summed E-state index contributed by atoms with van der Waals surface area (Å²) in [6.07, 6.45) is 2.20. The zero-order chi connectivity index (χ0) is 25.2. The minimum atomic E-state index is -0.896. The molecule has 0 spiro atoms. The van der Waals surface area contributed by atoms with Crippen LogP contribution in [-0.2, 0) is 14.3 Å². The predicted octanol–water partition coefficient (Wildman–Crippen LogP) is 4.70. The van der Waals surface area contributed by atoms with Crippen LogP contribution in [0.15, 0.2) is 48.5 Å². The smallest absolute Gasteiger partial charge is 0.407 e. The second kappa shape index (κ2) is 10.1. The van der Waals surface area contributed by atoms with Crippen molar-refractivity contribution in [2.75, 3.05) is 6.61 Å². The summed E-state index contributed by atoms with van der Waals surface area (Å²) in [5.74, 6) is -1.97. The van der Waals surface area contributed by atoms with Gasteiger partial charge in [0, 0.05) is 12.0 Å². The van der Waals surface area contributed by atoms with Crippen molar-refractivity contribution in [2.24, 2.45) is 11.3 Å². The monoisotopic (exact) mass is 478 g/mol. The molecule has 7 heteroatoms. The topological polar surface area (TPSA) is 105 Å². The molecule has 186 valence electrons. The van der Waals surface area contributed by atoms with E-state index in [0.717, 1.165) is 35.1 Å². The SMILES string of the molecule is CC(C)(C)C(NC(=O)OCC1c2ccccc2-c2ccccc21)C(=O)NC1CCCCC1C(=O)O. The number of amides is 2. The largest absolute Gasteiger partial charge is 0.481 e. The highest BCUT2D eigenvalue weighted by Gasteiger charge is 2.38. The maximum Gasteiger partial charge on any atom is 0.407 e. The van der Waals surface area contributed by atoms with Crippen molar-refractivity contribution >= 4 is 18.0 Å². The summed E-state index contributed by atoms with van der Waals surface area (Å²) < 4.78 is 5.64. The van der Waals surface area contributed by atoms with E-state index in [1.54, 1.807) is 0 Å². The molecule has 7 nitrogen and oxygen atoms in total. The Labute approximate surface area is 206 Å². The summed E-state index contributed by atoms with van der Waals surface area (Å²) in [5, 5.41) is 15.2. The van der Waals surface area contributed by atoms with Crippen LogP contribution in [0.25, 0.3) is 11.1 Å². The first kappa shape index (κ1) is 24.8. The van der Waals surface area contributed by atoms with Crippen molar-refractivity contribution in [3.05, 3.63) is 59.7 Å². The third-order valence-electron chi connectivity index (χ3n) is 7.14. The van der Waals surface area contributed by atoms with Gasteiger partial charge in [-0.05, 0) is 40.5 Å². The number of carboxylic acid groups (broad SMARTS) is 1. The molecule has 2 aromatic rings. The number of hydrogen-bond donors (Lipinski definition) is 3. The van der Waals surface area contributed by atoms with Gasteiger partial charge in [0.05, 0.1) is 5.92 Å². The summed E-state index contributed by atoms with van der Waals surface area (Å²) in [6, 6.07) is 14.9. The molecule has 4 rings (SSSR count). The average Bonchev–Trinajstić information content (AvgIpc) is 3.14. The van der Waals surface area contributed by atoms with Crippen molar-refractivity contribution in [3.63, 3.8) is 0 Å². The van der Waals surface area contributed by atoms with Crippen molar-refractivity contribution in [1.29, 1.82) is 0 Å². The van der Waals surface area contributed by atoms with Crippen molar-refractivity contribution in [3.8, 4) is 11.1 Å². The number of nitrogens with one attached hydrogen (secondary N) is 2. The van der Waals surface area contributed by atoms with Crippen LogP contribution in [0.4, 0.5) is 4.79 Å². The zero-order valence-electron chi connectivity index (χ0n) is 20.5. The van der Waals surface area contributed by atoms with Crippen LogP contribution in [0.1, 0.15) is 63.5 Å². The minimum Gasteiger partial charge on any atom is -0.481 e. The fraction of sp³-hybridized carbons (Fsp3) is 0.464. The van der Waals surface area contributed by atoms with Crippen LogP contribution in [-0.4, -0.2) is 41.8 Å². The molecule has 2 aliphatic carbocycles. The lowest BCUT2D eigenvalue weighted by Crippen LogP contribution is -2.57. The molecule has 0 aliphatic heterocycles. The number of benzene rings is 2. The van der Waals surface area contributed by atoms with Crippen LogP contribution >= 0.6 is 0 Å². The van der Waals surface area contributed by atoms with E-state index < -0.39 is 35.5 Å². The highest BCUT2D eigenvalue weighted by Crippen LogP contribution is 2.44. The fourth-order valence-electron chi connectivity index (χ4n) is 5.30. The van der Waals surface area contributed by atoms with Gasteiger partial charge in [-0.1, -0.05) is 82.1 Å². The summed E-state index contributed by atoms with van der Waals surface area (Å²) in [4.78, 5) is 37.7. The van der Waals surface area contributed by atoms with Gasteiger partial charge in [-0.3, -0.25) is 9.59 Å². The lowest BCUT2D eigenvalue weighted by atomic mass is 9.82. The first-order chi connectivity index (χ1) is 16.7. The Balaban J connectivity index is 1.42. The molecular formula is C28H34N2O5. The summed E-state index contributed by atoms with van der Waals surface area (Å²) in [7, 11) is 0. The number of ether oxygens (including phenoxy) is 1. The minimum absolute atomic E-state index is 0.0753. The molecule has 0 bridgehead atoms. The van der Waals surface area contributed by atoms with Crippen molar-refractivity contribution < 1.29 is 24.2 Å². The number of alkyl carbamates (subject to hydrolysis) is 1. The molecule has 3 N–H and O–H groups in total. The molecule has 2 aliphatic rings. The number of carbonyl (C=O) groups excluding carboxylic acids is 2. The molecule has 3 unspecified atom stereocenters. The normalized spacial score (nSPS) is 20.3. The quantitative estimate of drug-likeness (QED) is 0.558. The van der Waals surface area contributed by atoms with E-state index in [1.807, 2.05) is 45.0 Å². The van der Waals surface area contributed by atoms with E-state index in [1.165, 1.54) is 0 Å². The number of hydrogen-bond acceptors (Lipinski definition) is 4. The highest BCUT2D eigenvalue weighted by atomic mass is 16.5. The molecule has 2 amide bonds. The molecule has 35 heavy (non-hydrogen) atoms. The van der Waals surface area contributed by atoms with Gasteiger partial charge in [0.1, 0.15) is 12.6 Å². The Hall–Kier alpha value is -3.35. The molecular weight excluding hydrogens is 444 g/mol. The van der Waals surface area contributed by atoms with E-state index >= 15 is 0 Å². The second-order valence-corrected chi connectivity index (χ2v) is 10.6. The zero-order valence-corrected chi connectivity index (χ0v) is 20.5. The van der Waals surface area contributed by atoms with Gasteiger partial charge in [0.25, 0.3) is 0 Å². The molecule has 0 heterocycles. The maximum atomic E-state index is 13.2. The van der Waals surface area contributed by atoms with Gasteiger partial charge < -0.3 is 20.5 Å². The van der Waals surface area contributed by atoms with E-state index in [9.17, 15) is 19.5 Å².